The fraction of sp³-hybridized carbons (Fsp3) is 0. The topological polar surface area (TPSA) is 78.1 Å². The van der Waals surface area contributed by atoms with Crippen LogP contribution in [-0.4, -0.2) is 15.9 Å². The van der Waals surface area contributed by atoms with Gasteiger partial charge in [-0.15, -0.1) is 0 Å². The number of benzene rings is 1. The van der Waals surface area contributed by atoms with Crippen LogP contribution in [-0.2, 0) is 0 Å². The van der Waals surface area contributed by atoms with E-state index in [2.05, 4.69) is 9.97 Å². The Morgan fingerprint density at radius 3 is 2.62 bits per heavy atom. The van der Waals surface area contributed by atoms with Crippen LogP contribution in [0.15, 0.2) is 42.6 Å². The van der Waals surface area contributed by atoms with E-state index >= 15 is 0 Å². The number of para-hydroxylation sites is 1. The molecule has 5 nitrogen and oxygen atoms in total. The molecular weight excluding hydrogens is 206 g/mol. The van der Waals surface area contributed by atoms with Gasteiger partial charge in [-0.2, -0.15) is 0 Å². The molecule has 0 saturated carbocycles. The monoisotopic (exact) mass is 215 g/mol. The van der Waals surface area contributed by atoms with Crippen molar-refractivity contribution in [3.63, 3.8) is 0 Å². The van der Waals surface area contributed by atoms with Crippen molar-refractivity contribution in [1.29, 1.82) is 0 Å². The average molecular weight is 215 g/mol. The number of nitrogen functional groups attached to an aromatic ring is 1. The lowest BCUT2D eigenvalue weighted by atomic mass is 10.3. The van der Waals surface area contributed by atoms with Gasteiger partial charge in [-0.1, -0.05) is 18.2 Å². The van der Waals surface area contributed by atoms with Crippen molar-refractivity contribution in [1.82, 2.24) is 9.97 Å². The number of anilines is 1. The zero-order valence-electron chi connectivity index (χ0n) is 8.33. The van der Waals surface area contributed by atoms with Gasteiger partial charge in [-0.25, -0.2) is 14.8 Å². The lowest BCUT2D eigenvalue weighted by Gasteiger charge is -2.02. The molecule has 1 aromatic carbocycles. The van der Waals surface area contributed by atoms with Crippen LogP contribution < -0.4 is 10.5 Å². The minimum atomic E-state index is -0.555. The molecule has 0 fully saturated rings. The Bertz CT molecular complexity index is 500. The number of carbonyl (C=O) groups excluding carboxylic acids is 1. The molecule has 0 aliphatic heterocycles. The van der Waals surface area contributed by atoms with Gasteiger partial charge in [-0.3, -0.25) is 0 Å². The largest absolute Gasteiger partial charge is 0.422 e. The summed E-state index contributed by atoms with van der Waals surface area (Å²) in [4.78, 5) is 19.0. The van der Waals surface area contributed by atoms with E-state index in [0.717, 1.165) is 0 Å². The fourth-order valence-electron chi connectivity index (χ4n) is 1.14. The predicted octanol–water partition coefficient (Wildman–Crippen LogP) is 1.28. The highest BCUT2D eigenvalue weighted by molar-refractivity contribution is 5.89. The molecular formula is C11H9N3O2. The number of hydrogen-bond donors (Lipinski definition) is 1. The summed E-state index contributed by atoms with van der Waals surface area (Å²) in [6.07, 6.45) is 1.41. The van der Waals surface area contributed by atoms with Gasteiger partial charge < -0.3 is 10.5 Å². The van der Waals surface area contributed by atoms with Gasteiger partial charge in [0.2, 0.25) is 5.95 Å². The second kappa shape index (κ2) is 4.39. The van der Waals surface area contributed by atoms with Crippen molar-refractivity contribution in [2.45, 2.75) is 0 Å². The molecule has 1 heterocycles. The summed E-state index contributed by atoms with van der Waals surface area (Å²) < 4.78 is 5.07. The minimum absolute atomic E-state index is 0.0440. The highest BCUT2D eigenvalue weighted by Gasteiger charge is 2.10. The van der Waals surface area contributed by atoms with E-state index in [9.17, 15) is 4.79 Å². The Morgan fingerprint density at radius 1 is 1.19 bits per heavy atom. The first-order chi connectivity index (χ1) is 7.75. The molecule has 0 aliphatic carbocycles. The predicted molar refractivity (Wildman–Crippen MR) is 57.8 cm³/mol. The maximum atomic E-state index is 11.6. The number of aromatic nitrogens is 2. The normalized spacial score (nSPS) is 9.75. The minimum Gasteiger partial charge on any atom is -0.422 e. The number of hydrogen-bond acceptors (Lipinski definition) is 5. The quantitative estimate of drug-likeness (QED) is 0.603. The van der Waals surface area contributed by atoms with Gasteiger partial charge in [0.25, 0.3) is 0 Å². The molecule has 0 bridgehead atoms. The molecule has 2 aromatic rings. The summed E-state index contributed by atoms with van der Waals surface area (Å²) >= 11 is 0. The smallest absolute Gasteiger partial charge is 0.362 e. The van der Waals surface area contributed by atoms with Gasteiger partial charge in [0.1, 0.15) is 5.75 Å². The molecule has 0 saturated heterocycles. The van der Waals surface area contributed by atoms with Gasteiger partial charge in [0, 0.05) is 6.20 Å². The van der Waals surface area contributed by atoms with Crippen molar-refractivity contribution in [3.05, 3.63) is 48.3 Å². The third-order valence-corrected chi connectivity index (χ3v) is 1.84. The average Bonchev–Trinajstić information content (AvgIpc) is 2.30. The van der Waals surface area contributed by atoms with Crippen LogP contribution in [0.1, 0.15) is 10.5 Å². The number of esters is 1. The van der Waals surface area contributed by atoms with E-state index in [1.165, 1.54) is 12.3 Å². The lowest BCUT2D eigenvalue weighted by Crippen LogP contribution is -2.11. The van der Waals surface area contributed by atoms with E-state index in [1.807, 2.05) is 6.07 Å². The zero-order valence-corrected chi connectivity index (χ0v) is 8.33. The van der Waals surface area contributed by atoms with E-state index in [4.69, 9.17) is 10.5 Å². The molecule has 1 aromatic heterocycles. The molecule has 0 atom stereocenters. The molecule has 16 heavy (non-hydrogen) atoms. The summed E-state index contributed by atoms with van der Waals surface area (Å²) in [6, 6.07) is 10.2. The molecule has 0 aliphatic rings. The molecule has 0 spiro atoms. The lowest BCUT2D eigenvalue weighted by molar-refractivity contribution is 0.0728. The highest BCUT2D eigenvalue weighted by Crippen LogP contribution is 2.10. The SMILES string of the molecule is Nc1nccc(C(=O)Oc2ccccc2)n1. The van der Waals surface area contributed by atoms with Crippen LogP contribution in [0.25, 0.3) is 0 Å². The van der Waals surface area contributed by atoms with Gasteiger partial charge >= 0.3 is 5.97 Å². The Morgan fingerprint density at radius 2 is 1.94 bits per heavy atom. The van der Waals surface area contributed by atoms with Gasteiger partial charge in [-0.05, 0) is 18.2 Å². The fourth-order valence-corrected chi connectivity index (χ4v) is 1.14. The van der Waals surface area contributed by atoms with E-state index in [1.54, 1.807) is 24.3 Å². The molecule has 0 radical (unpaired) electrons. The van der Waals surface area contributed by atoms with Gasteiger partial charge in [0.15, 0.2) is 5.69 Å². The van der Waals surface area contributed by atoms with Crippen molar-refractivity contribution in [2.75, 3.05) is 5.73 Å². The zero-order chi connectivity index (χ0) is 11.4. The van der Waals surface area contributed by atoms with Crippen molar-refractivity contribution in [3.8, 4) is 5.75 Å². The number of ether oxygens (including phenoxy) is 1. The molecule has 2 N–H and O–H groups in total. The Kier molecular flexibility index (Phi) is 2.77. The molecule has 80 valence electrons. The summed E-state index contributed by atoms with van der Waals surface area (Å²) in [5.74, 6) is -0.0486. The number of nitrogens with two attached hydrogens (primary N) is 1. The first-order valence-corrected chi connectivity index (χ1v) is 4.61. The van der Waals surface area contributed by atoms with Crippen molar-refractivity contribution >= 4 is 11.9 Å². The second-order valence-corrected chi connectivity index (χ2v) is 3.00. The van der Waals surface area contributed by atoms with Crippen LogP contribution in [0.3, 0.4) is 0 Å². The van der Waals surface area contributed by atoms with Crippen molar-refractivity contribution < 1.29 is 9.53 Å². The first kappa shape index (κ1) is 10.1. The van der Waals surface area contributed by atoms with Crippen LogP contribution in [0, 0.1) is 0 Å². The molecule has 2 rings (SSSR count). The maximum absolute atomic E-state index is 11.6. The molecule has 0 unspecified atom stereocenters. The number of rotatable bonds is 2. The Labute approximate surface area is 91.9 Å². The van der Waals surface area contributed by atoms with Crippen LogP contribution in [0.2, 0.25) is 0 Å². The Hall–Kier alpha value is -2.43. The Balaban J connectivity index is 2.15. The van der Waals surface area contributed by atoms with E-state index in [0.29, 0.717) is 5.75 Å². The second-order valence-electron chi connectivity index (χ2n) is 3.00. The highest BCUT2D eigenvalue weighted by atomic mass is 16.5. The summed E-state index contributed by atoms with van der Waals surface area (Å²) in [6.45, 7) is 0. The van der Waals surface area contributed by atoms with Gasteiger partial charge in [0.05, 0.1) is 0 Å². The third-order valence-electron chi connectivity index (χ3n) is 1.84. The molecule has 5 heteroatoms. The summed E-state index contributed by atoms with van der Waals surface area (Å²) in [5.41, 5.74) is 5.50. The van der Waals surface area contributed by atoms with E-state index in [-0.39, 0.29) is 11.6 Å². The summed E-state index contributed by atoms with van der Waals surface area (Å²) in [7, 11) is 0. The summed E-state index contributed by atoms with van der Waals surface area (Å²) in [5, 5.41) is 0. The first-order valence-electron chi connectivity index (χ1n) is 4.61. The van der Waals surface area contributed by atoms with Crippen LogP contribution >= 0.6 is 0 Å². The van der Waals surface area contributed by atoms with Crippen LogP contribution in [0.4, 0.5) is 5.95 Å². The number of nitrogens with zero attached hydrogens (tertiary/aromatic N) is 2. The van der Waals surface area contributed by atoms with Crippen molar-refractivity contribution in [2.24, 2.45) is 0 Å². The molecule has 0 amide bonds. The standard InChI is InChI=1S/C11H9N3O2/c12-11-13-7-6-9(14-11)10(15)16-8-4-2-1-3-5-8/h1-7H,(H2,12,13,14). The van der Waals surface area contributed by atoms with E-state index < -0.39 is 5.97 Å². The number of carbonyl (C=O) groups is 1. The third kappa shape index (κ3) is 2.33. The maximum Gasteiger partial charge on any atom is 0.362 e. The van der Waals surface area contributed by atoms with Crippen LogP contribution in [0.5, 0.6) is 5.75 Å².